The first-order chi connectivity index (χ1) is 28.9. The van der Waals surface area contributed by atoms with Gasteiger partial charge in [-0.05, 0) is 103 Å². The van der Waals surface area contributed by atoms with E-state index in [0.717, 1.165) is 47.8 Å². The molecule has 0 aliphatic carbocycles. The highest BCUT2D eigenvalue weighted by molar-refractivity contribution is 6.12. The quantitative estimate of drug-likeness (QED) is 0.115. The number of rotatable bonds is 8. The molecule has 0 spiro atoms. The van der Waals surface area contributed by atoms with E-state index in [1.165, 1.54) is 6.07 Å². The summed E-state index contributed by atoms with van der Waals surface area (Å²) in [4.78, 5) is 48.7. The fourth-order valence-electron chi connectivity index (χ4n) is 9.01. The first-order valence-corrected chi connectivity index (χ1v) is 20.4. The van der Waals surface area contributed by atoms with E-state index in [1.54, 1.807) is 44.7 Å². The number of esters is 1. The van der Waals surface area contributed by atoms with Gasteiger partial charge in [-0.25, -0.2) is 14.6 Å². The van der Waals surface area contributed by atoms with Crippen LogP contribution >= 0.6 is 0 Å². The lowest BCUT2D eigenvalue weighted by Gasteiger charge is -2.33. The zero-order valence-corrected chi connectivity index (χ0v) is 33.5. The van der Waals surface area contributed by atoms with Crippen molar-refractivity contribution in [2.75, 3.05) is 18.0 Å². The molecule has 5 aromatic rings. The van der Waals surface area contributed by atoms with Gasteiger partial charge in [-0.3, -0.25) is 15.1 Å². The summed E-state index contributed by atoms with van der Waals surface area (Å²) in [5, 5.41) is 47.0. The maximum atomic E-state index is 13.9. The molecule has 60 heavy (non-hydrogen) atoms. The van der Waals surface area contributed by atoms with E-state index in [0.29, 0.717) is 77.1 Å². The number of benzene rings is 3. The lowest BCUT2D eigenvalue weighted by atomic mass is 9.90. The predicted octanol–water partition coefficient (Wildman–Crippen LogP) is 5.85. The molecule has 15 nitrogen and oxygen atoms in total. The van der Waals surface area contributed by atoms with Crippen molar-refractivity contribution < 1.29 is 39.5 Å². The number of phenolic OH excluding ortho intramolecular Hbond substituents is 3. The summed E-state index contributed by atoms with van der Waals surface area (Å²) in [6.45, 7) is 6.88. The van der Waals surface area contributed by atoms with Crippen molar-refractivity contribution in [1.29, 1.82) is 0 Å². The van der Waals surface area contributed by atoms with Gasteiger partial charge in [-0.15, -0.1) is 0 Å². The monoisotopic (exact) mass is 814 g/mol. The number of nitrogens with zero attached hydrogens (tertiary/aromatic N) is 5. The number of hydrazone groups is 1. The van der Waals surface area contributed by atoms with Gasteiger partial charge in [-0.1, -0.05) is 32.9 Å². The number of amidine groups is 1. The Bertz CT molecular complexity index is 2650. The summed E-state index contributed by atoms with van der Waals surface area (Å²) in [7, 11) is 0. The number of aromatic nitrogens is 2. The average Bonchev–Trinajstić information content (AvgIpc) is 3.80. The maximum Gasteiger partial charge on any atom is 0.410 e. The molecular formula is C45H46N6O9. The van der Waals surface area contributed by atoms with Crippen LogP contribution in [0.3, 0.4) is 0 Å². The van der Waals surface area contributed by atoms with Crippen LogP contribution < -0.4 is 15.9 Å². The highest BCUT2D eigenvalue weighted by Gasteiger charge is 2.39. The number of piperidine rings is 1. The number of likely N-dealkylation sites (tertiary alicyclic amines) is 1. The van der Waals surface area contributed by atoms with Crippen LogP contribution in [0.15, 0.2) is 70.6 Å². The van der Waals surface area contributed by atoms with Crippen LogP contribution in [0.4, 0.5) is 10.5 Å². The van der Waals surface area contributed by atoms with Crippen molar-refractivity contribution in [2.24, 2.45) is 11.0 Å². The third-order valence-corrected chi connectivity index (χ3v) is 12.3. The van der Waals surface area contributed by atoms with Gasteiger partial charge in [0.05, 0.1) is 34.6 Å². The van der Waals surface area contributed by atoms with Gasteiger partial charge in [0.25, 0.3) is 5.56 Å². The number of carbonyl (C=O) groups excluding carboxylic acids is 2. The van der Waals surface area contributed by atoms with E-state index in [-0.39, 0.29) is 40.9 Å². The Morgan fingerprint density at radius 1 is 0.983 bits per heavy atom. The van der Waals surface area contributed by atoms with Gasteiger partial charge in [0, 0.05) is 41.4 Å². The van der Waals surface area contributed by atoms with E-state index in [1.807, 2.05) is 45.0 Å². The number of fused-ring (bicyclic) bond motifs is 5. The minimum absolute atomic E-state index is 0.00118. The predicted molar refractivity (Wildman–Crippen MR) is 222 cm³/mol. The van der Waals surface area contributed by atoms with Crippen LogP contribution in [0, 0.1) is 5.92 Å². The van der Waals surface area contributed by atoms with Crippen LogP contribution in [0.25, 0.3) is 22.3 Å². The second-order valence-corrected chi connectivity index (χ2v) is 16.2. The molecule has 310 valence electrons. The molecular weight excluding hydrogens is 769 g/mol. The normalized spacial score (nSPS) is 18.6. The number of amides is 1. The number of cyclic esters (lactones) is 1. The number of phenols is 3. The van der Waals surface area contributed by atoms with Gasteiger partial charge in [0.15, 0.2) is 5.84 Å². The molecule has 9 rings (SSSR count). The molecule has 3 aromatic carbocycles. The van der Waals surface area contributed by atoms with E-state index in [4.69, 9.17) is 14.5 Å². The molecule has 15 heteroatoms. The molecule has 4 aliphatic rings. The van der Waals surface area contributed by atoms with Gasteiger partial charge in [0.1, 0.15) is 23.9 Å². The summed E-state index contributed by atoms with van der Waals surface area (Å²) in [5.74, 6) is -0.0689. The van der Waals surface area contributed by atoms with Crippen LogP contribution in [0.1, 0.15) is 91.0 Å². The van der Waals surface area contributed by atoms with Gasteiger partial charge in [0.2, 0.25) is 12.5 Å². The van der Waals surface area contributed by atoms with Gasteiger partial charge >= 0.3 is 12.1 Å². The molecule has 0 bridgehead atoms. The number of hydrogen-bond acceptors (Lipinski definition) is 13. The van der Waals surface area contributed by atoms with Crippen LogP contribution in [-0.2, 0) is 40.3 Å². The second kappa shape index (κ2) is 15.2. The van der Waals surface area contributed by atoms with Crippen molar-refractivity contribution >= 4 is 34.5 Å². The molecule has 0 radical (unpaired) electrons. The average molecular weight is 815 g/mol. The molecule has 2 aromatic heterocycles. The fraction of sp³-hybridized carbons (Fsp3) is 0.356. The Morgan fingerprint density at radius 3 is 2.48 bits per heavy atom. The number of anilines is 1. The number of hydrogen-bond donors (Lipinski definition) is 5. The fourth-order valence-corrected chi connectivity index (χ4v) is 9.01. The Balaban J connectivity index is 0.838. The summed E-state index contributed by atoms with van der Waals surface area (Å²) in [6, 6.07) is 17.5. The second-order valence-electron chi connectivity index (χ2n) is 16.2. The first-order valence-electron chi connectivity index (χ1n) is 20.4. The third kappa shape index (κ3) is 6.72. The van der Waals surface area contributed by atoms with Gasteiger partial charge in [-0.2, -0.15) is 5.10 Å². The maximum absolute atomic E-state index is 13.9. The Hall–Kier alpha value is -6.61. The Kier molecular flexibility index (Phi) is 9.85. The number of carbonyl (C=O) groups is 2. The first kappa shape index (κ1) is 38.9. The van der Waals surface area contributed by atoms with E-state index < -0.39 is 24.5 Å². The zero-order chi connectivity index (χ0) is 42.0. The van der Waals surface area contributed by atoms with E-state index in [9.17, 15) is 34.8 Å². The standard InChI is InChI=1S/C45H46N6O9/c1-4-28-30-17-27(52)11-12-35(30)46-39-33(28)21-50-36(39)19-31-34(42(50)55)22-59-43(56)40(31)60-45(58)49-15-13-25(14-16-49)6-5-24-7-9-26(10-8-24)51-41(47-48-44(51)57)32-18-29(23(2)3)37(53)20-38(32)54/h7-12,17-20,23,25,40,44,48,52-54,57H,4-6,13-16,21-22H2,1-3H3. The summed E-state index contributed by atoms with van der Waals surface area (Å²) >= 11 is 0. The number of aryl methyl sites for hydroxylation is 2. The molecule has 1 fully saturated rings. The van der Waals surface area contributed by atoms with Crippen molar-refractivity contribution in [3.63, 3.8) is 0 Å². The molecule has 1 amide bonds. The van der Waals surface area contributed by atoms with Crippen LogP contribution in [0.2, 0.25) is 0 Å². The summed E-state index contributed by atoms with van der Waals surface area (Å²) < 4.78 is 12.9. The number of aliphatic hydroxyl groups is 1. The lowest BCUT2D eigenvalue weighted by Crippen LogP contribution is -2.41. The summed E-state index contributed by atoms with van der Waals surface area (Å²) in [5.41, 5.74) is 9.46. The summed E-state index contributed by atoms with van der Waals surface area (Å²) in [6.07, 6.45) is 0.678. The molecule has 0 saturated carbocycles. The molecule has 6 heterocycles. The molecule has 1 saturated heterocycles. The third-order valence-electron chi connectivity index (χ3n) is 12.3. The highest BCUT2D eigenvalue weighted by atomic mass is 16.6. The largest absolute Gasteiger partial charge is 0.508 e. The topological polar surface area (TPSA) is 199 Å². The molecule has 4 aliphatic heterocycles. The molecule has 5 N–H and O–H groups in total. The Morgan fingerprint density at radius 2 is 1.75 bits per heavy atom. The highest BCUT2D eigenvalue weighted by Crippen LogP contribution is 2.40. The molecule has 2 unspecified atom stereocenters. The number of aromatic hydroxyl groups is 3. The number of nitrogens with one attached hydrogen (secondary N) is 1. The van der Waals surface area contributed by atoms with E-state index in [2.05, 4.69) is 10.5 Å². The van der Waals surface area contributed by atoms with Crippen molar-refractivity contribution in [2.45, 2.75) is 84.4 Å². The van der Waals surface area contributed by atoms with Crippen molar-refractivity contribution in [1.82, 2.24) is 19.9 Å². The van der Waals surface area contributed by atoms with E-state index >= 15 is 0 Å². The minimum Gasteiger partial charge on any atom is -0.508 e. The lowest BCUT2D eigenvalue weighted by molar-refractivity contribution is -0.158. The smallest absolute Gasteiger partial charge is 0.410 e. The van der Waals surface area contributed by atoms with Gasteiger partial charge < -0.3 is 39.4 Å². The molecule has 2 atom stereocenters. The number of ether oxygens (including phenoxy) is 2. The number of pyridine rings is 2. The number of aliphatic hydroxyl groups excluding tert-OH is 1. The minimum atomic E-state index is -1.39. The van der Waals surface area contributed by atoms with Crippen LogP contribution in [0.5, 0.6) is 17.2 Å². The van der Waals surface area contributed by atoms with Crippen LogP contribution in [-0.4, -0.2) is 72.2 Å². The zero-order valence-electron chi connectivity index (χ0n) is 33.5. The van der Waals surface area contributed by atoms with Crippen molar-refractivity contribution in [3.8, 4) is 28.6 Å². The van der Waals surface area contributed by atoms with Crippen molar-refractivity contribution in [3.05, 3.63) is 110 Å². The Labute approximate surface area is 345 Å². The SMILES string of the molecule is CCc1c2c(nc3ccc(O)cc13)-c1cc3c(c(=O)n1C2)COC(=O)C3OC(=O)N1CCC(CCc2ccc(N3C(c4cc(C(C)C)c(O)cc4O)=NNC3O)cc2)CC1.